The van der Waals surface area contributed by atoms with Gasteiger partial charge in [-0.2, -0.15) is 0 Å². The molecule has 0 bridgehead atoms. The van der Waals surface area contributed by atoms with Gasteiger partial charge in [0, 0.05) is 37.1 Å². The van der Waals surface area contributed by atoms with Crippen molar-refractivity contribution >= 4 is 11.5 Å². The van der Waals surface area contributed by atoms with Gasteiger partial charge in [-0.05, 0) is 6.92 Å². The molecule has 0 aliphatic carbocycles. The molecule has 0 fully saturated rings. The fourth-order valence-corrected chi connectivity index (χ4v) is 1.55. The second kappa shape index (κ2) is 5.26. The SMILES string of the molecule is Cc1cnc(NCCc2ncc[nH]2)cc1[N+](=O)[O-]. The Labute approximate surface area is 103 Å². The first-order valence-corrected chi connectivity index (χ1v) is 5.50. The van der Waals surface area contributed by atoms with E-state index in [0.717, 1.165) is 5.82 Å². The molecule has 0 atom stereocenters. The second-order valence-electron chi connectivity index (χ2n) is 3.83. The van der Waals surface area contributed by atoms with E-state index in [1.807, 2.05) is 0 Å². The van der Waals surface area contributed by atoms with Crippen molar-refractivity contribution in [2.24, 2.45) is 0 Å². The van der Waals surface area contributed by atoms with Crippen molar-refractivity contribution in [1.82, 2.24) is 15.0 Å². The smallest absolute Gasteiger partial charge is 0.277 e. The molecule has 2 aromatic heterocycles. The monoisotopic (exact) mass is 247 g/mol. The van der Waals surface area contributed by atoms with E-state index in [1.165, 1.54) is 12.3 Å². The topological polar surface area (TPSA) is 96.7 Å². The van der Waals surface area contributed by atoms with Gasteiger partial charge in [-0.25, -0.2) is 9.97 Å². The molecule has 0 saturated heterocycles. The molecule has 18 heavy (non-hydrogen) atoms. The number of hydrogen-bond acceptors (Lipinski definition) is 5. The first kappa shape index (κ1) is 12.0. The van der Waals surface area contributed by atoms with Crippen LogP contribution in [0.3, 0.4) is 0 Å². The van der Waals surface area contributed by atoms with Gasteiger partial charge in [0.2, 0.25) is 0 Å². The second-order valence-corrected chi connectivity index (χ2v) is 3.83. The van der Waals surface area contributed by atoms with Crippen molar-refractivity contribution in [3.05, 3.63) is 46.2 Å². The molecule has 0 spiro atoms. The van der Waals surface area contributed by atoms with Gasteiger partial charge in [0.25, 0.3) is 5.69 Å². The molecule has 7 nitrogen and oxygen atoms in total. The van der Waals surface area contributed by atoms with Crippen LogP contribution < -0.4 is 5.32 Å². The van der Waals surface area contributed by atoms with E-state index in [4.69, 9.17) is 0 Å². The van der Waals surface area contributed by atoms with Crippen LogP contribution in [0.1, 0.15) is 11.4 Å². The van der Waals surface area contributed by atoms with E-state index < -0.39 is 4.92 Å². The van der Waals surface area contributed by atoms with Gasteiger partial charge in [0.15, 0.2) is 0 Å². The minimum absolute atomic E-state index is 0.0745. The summed E-state index contributed by atoms with van der Waals surface area (Å²) in [6.45, 7) is 2.28. The van der Waals surface area contributed by atoms with Crippen molar-refractivity contribution in [2.75, 3.05) is 11.9 Å². The standard InChI is InChI=1S/C11H13N5O2/c1-8-7-15-11(6-9(8)16(17)18)12-3-2-10-13-4-5-14-10/h4-7H,2-3H2,1H3,(H,12,15)(H,13,14). The zero-order valence-corrected chi connectivity index (χ0v) is 9.88. The average Bonchev–Trinajstić information content (AvgIpc) is 2.84. The number of hydrogen-bond donors (Lipinski definition) is 2. The Morgan fingerprint density at radius 1 is 1.50 bits per heavy atom. The van der Waals surface area contributed by atoms with Gasteiger partial charge in [-0.15, -0.1) is 0 Å². The van der Waals surface area contributed by atoms with Crippen LogP contribution in [0, 0.1) is 17.0 Å². The van der Waals surface area contributed by atoms with Gasteiger partial charge in [-0.1, -0.05) is 0 Å². The predicted molar refractivity (Wildman–Crippen MR) is 66.4 cm³/mol. The fraction of sp³-hybridized carbons (Fsp3) is 0.273. The van der Waals surface area contributed by atoms with Crippen LogP contribution in [0.4, 0.5) is 11.5 Å². The normalized spacial score (nSPS) is 10.3. The highest BCUT2D eigenvalue weighted by atomic mass is 16.6. The third-order valence-corrected chi connectivity index (χ3v) is 2.49. The van der Waals surface area contributed by atoms with E-state index in [2.05, 4.69) is 20.3 Å². The van der Waals surface area contributed by atoms with Crippen LogP contribution >= 0.6 is 0 Å². The summed E-state index contributed by atoms with van der Waals surface area (Å²) < 4.78 is 0. The quantitative estimate of drug-likeness (QED) is 0.618. The Morgan fingerprint density at radius 2 is 2.33 bits per heavy atom. The Bertz CT molecular complexity index is 538. The molecule has 94 valence electrons. The van der Waals surface area contributed by atoms with Crippen LogP contribution in [0.15, 0.2) is 24.7 Å². The average molecular weight is 247 g/mol. The summed E-state index contributed by atoms with van der Waals surface area (Å²) >= 11 is 0. The maximum atomic E-state index is 10.8. The van der Waals surface area contributed by atoms with E-state index >= 15 is 0 Å². The van der Waals surface area contributed by atoms with Gasteiger partial charge < -0.3 is 10.3 Å². The largest absolute Gasteiger partial charge is 0.369 e. The number of nitrogens with one attached hydrogen (secondary N) is 2. The number of aromatic amines is 1. The number of anilines is 1. The van der Waals surface area contributed by atoms with Crippen molar-refractivity contribution in [3.8, 4) is 0 Å². The summed E-state index contributed by atoms with van der Waals surface area (Å²) in [5.74, 6) is 1.36. The molecule has 2 N–H and O–H groups in total. The van der Waals surface area contributed by atoms with E-state index in [9.17, 15) is 10.1 Å². The van der Waals surface area contributed by atoms with Crippen LogP contribution in [0.25, 0.3) is 0 Å². The number of aromatic nitrogens is 3. The van der Waals surface area contributed by atoms with E-state index in [1.54, 1.807) is 19.3 Å². The highest BCUT2D eigenvalue weighted by Gasteiger charge is 2.11. The lowest BCUT2D eigenvalue weighted by molar-refractivity contribution is -0.385. The fourth-order valence-electron chi connectivity index (χ4n) is 1.55. The highest BCUT2D eigenvalue weighted by Crippen LogP contribution is 2.19. The molecule has 0 radical (unpaired) electrons. The van der Waals surface area contributed by atoms with Gasteiger partial charge >= 0.3 is 0 Å². The minimum Gasteiger partial charge on any atom is -0.369 e. The molecule has 0 aromatic carbocycles. The summed E-state index contributed by atoms with van der Waals surface area (Å²) in [6, 6.07) is 1.44. The molecule has 2 aromatic rings. The third kappa shape index (κ3) is 2.82. The Balaban J connectivity index is 1.97. The molecule has 7 heteroatoms. The lowest BCUT2D eigenvalue weighted by Gasteiger charge is -2.05. The highest BCUT2D eigenvalue weighted by molar-refractivity contribution is 5.48. The van der Waals surface area contributed by atoms with E-state index in [-0.39, 0.29) is 5.69 Å². The molecule has 0 unspecified atom stereocenters. The number of aryl methyl sites for hydroxylation is 1. The number of rotatable bonds is 5. The summed E-state index contributed by atoms with van der Waals surface area (Å²) in [4.78, 5) is 21.5. The lowest BCUT2D eigenvalue weighted by atomic mass is 10.2. The maximum Gasteiger partial charge on any atom is 0.277 e. The number of H-pyrrole nitrogens is 1. The maximum absolute atomic E-state index is 10.8. The molecular formula is C11H13N5O2. The minimum atomic E-state index is -0.408. The van der Waals surface area contributed by atoms with Crippen LogP contribution in [-0.2, 0) is 6.42 Å². The molecule has 0 aliphatic rings. The summed E-state index contributed by atoms with van der Waals surface area (Å²) in [5.41, 5.74) is 0.627. The lowest BCUT2D eigenvalue weighted by Crippen LogP contribution is -2.08. The Kier molecular flexibility index (Phi) is 3.52. The van der Waals surface area contributed by atoms with Crippen molar-refractivity contribution < 1.29 is 4.92 Å². The summed E-state index contributed by atoms with van der Waals surface area (Å²) in [5, 5.41) is 13.8. The zero-order valence-electron chi connectivity index (χ0n) is 9.88. The molecule has 0 saturated carbocycles. The van der Waals surface area contributed by atoms with Gasteiger partial charge in [0.05, 0.1) is 11.0 Å². The number of nitrogens with zero attached hydrogens (tertiary/aromatic N) is 3. The first-order chi connectivity index (χ1) is 8.66. The van der Waals surface area contributed by atoms with Crippen molar-refractivity contribution in [1.29, 1.82) is 0 Å². The molecule has 2 heterocycles. The van der Waals surface area contributed by atoms with Crippen LogP contribution in [0.2, 0.25) is 0 Å². The molecular weight excluding hydrogens is 234 g/mol. The van der Waals surface area contributed by atoms with Crippen molar-refractivity contribution in [2.45, 2.75) is 13.3 Å². The van der Waals surface area contributed by atoms with E-state index in [0.29, 0.717) is 24.3 Å². The van der Waals surface area contributed by atoms with Gasteiger partial charge in [0.1, 0.15) is 11.6 Å². The Morgan fingerprint density at radius 3 is 3.00 bits per heavy atom. The number of imidazole rings is 1. The number of pyridine rings is 1. The van der Waals surface area contributed by atoms with Gasteiger partial charge in [-0.3, -0.25) is 10.1 Å². The Hall–Kier alpha value is -2.44. The molecule has 0 aliphatic heterocycles. The summed E-state index contributed by atoms with van der Waals surface area (Å²) in [6.07, 6.45) is 5.64. The van der Waals surface area contributed by atoms with Crippen molar-refractivity contribution in [3.63, 3.8) is 0 Å². The molecule has 2 rings (SSSR count). The number of nitro groups is 1. The third-order valence-electron chi connectivity index (χ3n) is 2.49. The predicted octanol–water partition coefficient (Wildman–Crippen LogP) is 1.68. The first-order valence-electron chi connectivity index (χ1n) is 5.50. The van der Waals surface area contributed by atoms with Crippen LogP contribution in [0.5, 0.6) is 0 Å². The van der Waals surface area contributed by atoms with Crippen LogP contribution in [-0.4, -0.2) is 26.4 Å². The molecule has 0 amide bonds. The zero-order chi connectivity index (χ0) is 13.0. The summed E-state index contributed by atoms with van der Waals surface area (Å²) in [7, 11) is 0.